The van der Waals surface area contributed by atoms with E-state index in [1.807, 2.05) is 0 Å². The Hall–Kier alpha value is -1.10. The molecular formula is C15H29NO4. The summed E-state index contributed by atoms with van der Waals surface area (Å²) in [5, 5.41) is 8.59. The molecule has 0 saturated heterocycles. The fraction of sp³-hybridized carbons (Fsp3) is 0.867. The molecule has 0 amide bonds. The average molecular weight is 287 g/mol. The first-order valence-corrected chi connectivity index (χ1v) is 7.47. The molecule has 0 aliphatic rings. The van der Waals surface area contributed by atoms with Gasteiger partial charge in [0.05, 0.1) is 6.61 Å². The monoisotopic (exact) mass is 287 g/mol. The van der Waals surface area contributed by atoms with Crippen LogP contribution in [0.4, 0.5) is 0 Å². The molecule has 2 atom stereocenters. The van der Waals surface area contributed by atoms with Gasteiger partial charge in [-0.25, -0.2) is 0 Å². The first-order valence-electron chi connectivity index (χ1n) is 7.47. The highest BCUT2D eigenvalue weighted by atomic mass is 16.5. The summed E-state index contributed by atoms with van der Waals surface area (Å²) in [4.78, 5) is 21.9. The van der Waals surface area contributed by atoms with E-state index in [0.717, 1.165) is 18.8 Å². The third-order valence-corrected chi connectivity index (χ3v) is 3.33. The highest BCUT2D eigenvalue weighted by Gasteiger charge is 2.14. The number of carbonyl (C=O) groups excluding carboxylic acids is 1. The van der Waals surface area contributed by atoms with E-state index in [9.17, 15) is 9.59 Å². The number of rotatable bonds is 11. The first-order chi connectivity index (χ1) is 9.32. The lowest BCUT2D eigenvalue weighted by Crippen LogP contribution is -2.30. The van der Waals surface area contributed by atoms with Crippen molar-refractivity contribution in [1.82, 2.24) is 0 Å². The van der Waals surface area contributed by atoms with Crippen LogP contribution in [0.1, 0.15) is 59.3 Å². The van der Waals surface area contributed by atoms with Crippen LogP contribution < -0.4 is 5.73 Å². The molecule has 0 aliphatic heterocycles. The van der Waals surface area contributed by atoms with Crippen LogP contribution in [0.2, 0.25) is 0 Å². The number of esters is 1. The molecule has 118 valence electrons. The molecule has 5 nitrogen and oxygen atoms in total. The van der Waals surface area contributed by atoms with Gasteiger partial charge in [-0.3, -0.25) is 9.59 Å². The number of nitrogens with two attached hydrogens (primary N) is 1. The van der Waals surface area contributed by atoms with Gasteiger partial charge in [-0.05, 0) is 24.7 Å². The summed E-state index contributed by atoms with van der Waals surface area (Å²) in [5.41, 5.74) is 5.31. The Labute approximate surface area is 121 Å². The highest BCUT2D eigenvalue weighted by Crippen LogP contribution is 2.15. The van der Waals surface area contributed by atoms with E-state index in [2.05, 4.69) is 20.8 Å². The maximum Gasteiger partial charge on any atom is 0.320 e. The van der Waals surface area contributed by atoms with E-state index in [1.165, 1.54) is 12.8 Å². The van der Waals surface area contributed by atoms with Crippen LogP contribution >= 0.6 is 0 Å². The molecule has 0 radical (unpaired) electrons. The number of hydrogen-bond acceptors (Lipinski definition) is 4. The quantitative estimate of drug-likeness (QED) is 0.570. The minimum absolute atomic E-state index is 0.0647. The third-order valence-electron chi connectivity index (χ3n) is 3.33. The van der Waals surface area contributed by atoms with Crippen molar-refractivity contribution in [3.05, 3.63) is 0 Å². The van der Waals surface area contributed by atoms with Gasteiger partial charge in [0.1, 0.15) is 6.04 Å². The van der Waals surface area contributed by atoms with Crippen molar-refractivity contribution in [3.63, 3.8) is 0 Å². The van der Waals surface area contributed by atoms with Gasteiger partial charge < -0.3 is 15.6 Å². The Bertz CT molecular complexity index is 292. The number of carboxylic acids is 1. The van der Waals surface area contributed by atoms with Crippen LogP contribution in [-0.4, -0.2) is 29.7 Å². The zero-order valence-electron chi connectivity index (χ0n) is 12.9. The number of aliphatic carboxylic acids is 1. The van der Waals surface area contributed by atoms with Crippen LogP contribution in [-0.2, 0) is 14.3 Å². The largest absolute Gasteiger partial charge is 0.480 e. The molecule has 0 heterocycles. The van der Waals surface area contributed by atoms with Crippen molar-refractivity contribution in [2.24, 2.45) is 17.6 Å². The topological polar surface area (TPSA) is 89.6 Å². The van der Waals surface area contributed by atoms with Gasteiger partial charge in [-0.15, -0.1) is 0 Å². The fourth-order valence-electron chi connectivity index (χ4n) is 1.86. The first kappa shape index (κ1) is 18.9. The van der Waals surface area contributed by atoms with Crippen molar-refractivity contribution in [1.29, 1.82) is 0 Å². The number of carboxylic acid groups (broad SMARTS) is 1. The highest BCUT2D eigenvalue weighted by molar-refractivity contribution is 5.75. The summed E-state index contributed by atoms with van der Waals surface area (Å²) in [6.07, 6.45) is 4.64. The smallest absolute Gasteiger partial charge is 0.320 e. The molecule has 3 N–H and O–H groups in total. The Kier molecular flexibility index (Phi) is 10.1. The molecule has 5 heteroatoms. The predicted octanol–water partition coefficient (Wildman–Crippen LogP) is 2.57. The minimum atomic E-state index is -1.09. The van der Waals surface area contributed by atoms with Crippen molar-refractivity contribution >= 4 is 11.9 Å². The molecule has 0 spiro atoms. The summed E-state index contributed by atoms with van der Waals surface area (Å²) in [5.74, 6) is -0.172. The van der Waals surface area contributed by atoms with Crippen LogP contribution in [0.5, 0.6) is 0 Å². The predicted molar refractivity (Wildman–Crippen MR) is 78.3 cm³/mol. The molecule has 0 bridgehead atoms. The Morgan fingerprint density at radius 2 is 1.75 bits per heavy atom. The zero-order valence-corrected chi connectivity index (χ0v) is 12.9. The summed E-state index contributed by atoms with van der Waals surface area (Å²) in [6.45, 7) is 7.00. The molecule has 0 aromatic heterocycles. The Morgan fingerprint density at radius 1 is 1.10 bits per heavy atom. The maximum absolute atomic E-state index is 11.4. The maximum atomic E-state index is 11.4. The Morgan fingerprint density at radius 3 is 2.30 bits per heavy atom. The van der Waals surface area contributed by atoms with Crippen molar-refractivity contribution in [2.45, 2.75) is 65.3 Å². The normalized spacial score (nSPS) is 14.1. The standard InChI is InChI=1S/C15H29NO4/c1-11(2)5-4-6-12(3)9-10-20-14(17)8-7-13(16)15(18)19/h11-13H,4-10,16H2,1-3H3,(H,18,19)/t12?,13-/m0/s1. The van der Waals surface area contributed by atoms with Gasteiger partial charge in [-0.2, -0.15) is 0 Å². The van der Waals surface area contributed by atoms with E-state index in [0.29, 0.717) is 12.5 Å². The van der Waals surface area contributed by atoms with E-state index < -0.39 is 12.0 Å². The third kappa shape index (κ3) is 10.8. The van der Waals surface area contributed by atoms with Gasteiger partial charge in [0.2, 0.25) is 0 Å². The lowest BCUT2D eigenvalue weighted by atomic mass is 9.98. The van der Waals surface area contributed by atoms with Gasteiger partial charge in [0.15, 0.2) is 0 Å². The second-order valence-electron chi connectivity index (χ2n) is 5.92. The van der Waals surface area contributed by atoms with E-state index in [-0.39, 0.29) is 18.8 Å². The second-order valence-corrected chi connectivity index (χ2v) is 5.92. The summed E-state index contributed by atoms with van der Waals surface area (Å²) >= 11 is 0. The minimum Gasteiger partial charge on any atom is -0.480 e. The molecular weight excluding hydrogens is 258 g/mol. The lowest BCUT2D eigenvalue weighted by molar-refractivity contribution is -0.144. The fourth-order valence-corrected chi connectivity index (χ4v) is 1.86. The molecule has 20 heavy (non-hydrogen) atoms. The molecule has 0 aromatic carbocycles. The molecule has 1 unspecified atom stereocenters. The zero-order chi connectivity index (χ0) is 15.5. The van der Waals surface area contributed by atoms with E-state index >= 15 is 0 Å². The molecule has 0 rings (SSSR count). The van der Waals surface area contributed by atoms with Crippen LogP contribution in [0, 0.1) is 11.8 Å². The van der Waals surface area contributed by atoms with E-state index in [4.69, 9.17) is 15.6 Å². The molecule has 0 fully saturated rings. The van der Waals surface area contributed by atoms with Gasteiger partial charge >= 0.3 is 11.9 Å². The average Bonchev–Trinajstić information content (AvgIpc) is 2.35. The summed E-state index contributed by atoms with van der Waals surface area (Å²) < 4.78 is 5.08. The van der Waals surface area contributed by atoms with Gasteiger partial charge in [0.25, 0.3) is 0 Å². The summed E-state index contributed by atoms with van der Waals surface area (Å²) in [7, 11) is 0. The van der Waals surface area contributed by atoms with Gasteiger partial charge in [-0.1, -0.05) is 40.0 Å². The van der Waals surface area contributed by atoms with Gasteiger partial charge in [0, 0.05) is 6.42 Å². The van der Waals surface area contributed by atoms with Crippen LogP contribution in [0.25, 0.3) is 0 Å². The van der Waals surface area contributed by atoms with Crippen LogP contribution in [0.15, 0.2) is 0 Å². The van der Waals surface area contributed by atoms with E-state index in [1.54, 1.807) is 0 Å². The number of carbonyl (C=O) groups is 2. The number of ether oxygens (including phenoxy) is 1. The Balaban J connectivity index is 3.58. The lowest BCUT2D eigenvalue weighted by Gasteiger charge is -2.12. The molecule has 0 aliphatic carbocycles. The molecule has 0 saturated carbocycles. The van der Waals surface area contributed by atoms with Crippen molar-refractivity contribution < 1.29 is 19.4 Å². The molecule has 0 aromatic rings. The van der Waals surface area contributed by atoms with Crippen molar-refractivity contribution in [3.8, 4) is 0 Å². The van der Waals surface area contributed by atoms with Crippen molar-refractivity contribution in [2.75, 3.05) is 6.61 Å². The SMILES string of the molecule is CC(C)CCCC(C)CCOC(=O)CC[C@H](N)C(=O)O. The number of hydrogen-bond donors (Lipinski definition) is 2. The van der Waals surface area contributed by atoms with Crippen LogP contribution in [0.3, 0.4) is 0 Å². The summed E-state index contributed by atoms with van der Waals surface area (Å²) in [6, 6.07) is -0.988. The second kappa shape index (κ2) is 10.7.